The van der Waals surface area contributed by atoms with Crippen molar-refractivity contribution in [1.82, 2.24) is 15.2 Å². The van der Waals surface area contributed by atoms with Gasteiger partial charge in [0.2, 0.25) is 0 Å². The number of nitrogens with one attached hydrogen (secondary N) is 2. The third-order valence-corrected chi connectivity index (χ3v) is 4.96. The molecule has 0 fully saturated rings. The maximum atomic E-state index is 12.8. The van der Waals surface area contributed by atoms with Gasteiger partial charge in [0, 0.05) is 42.3 Å². The van der Waals surface area contributed by atoms with Crippen LogP contribution >= 0.6 is 0 Å². The summed E-state index contributed by atoms with van der Waals surface area (Å²) in [7, 11) is 0. The van der Waals surface area contributed by atoms with Crippen LogP contribution in [0.15, 0.2) is 91.1 Å². The molecule has 0 spiro atoms. The highest BCUT2D eigenvalue weighted by Crippen LogP contribution is 2.22. The standard InChI is InChI=1S/C25H23N3O2/c29-24(20-11-5-2-6-12-20)26-15-16-27-25(30)22-18-28(17-19-9-3-1-4-10-19)23-14-8-7-13-21(22)23/h1-14,18H,15-17H2,(H,26,29)(H,27,30). The van der Waals surface area contributed by atoms with Crippen molar-refractivity contribution in [3.63, 3.8) is 0 Å². The number of fused-ring (bicyclic) bond motifs is 1. The summed E-state index contributed by atoms with van der Waals surface area (Å²) < 4.78 is 2.09. The van der Waals surface area contributed by atoms with Gasteiger partial charge in [-0.15, -0.1) is 0 Å². The Bertz CT molecular complexity index is 1150. The van der Waals surface area contributed by atoms with E-state index in [9.17, 15) is 9.59 Å². The Labute approximate surface area is 175 Å². The van der Waals surface area contributed by atoms with Gasteiger partial charge in [-0.1, -0.05) is 66.7 Å². The number of rotatable bonds is 7. The molecule has 1 aromatic heterocycles. The molecule has 5 heteroatoms. The molecule has 3 aromatic carbocycles. The van der Waals surface area contributed by atoms with E-state index in [1.807, 2.05) is 66.9 Å². The Hall–Kier alpha value is -3.86. The molecule has 4 aromatic rings. The lowest BCUT2D eigenvalue weighted by Crippen LogP contribution is -2.34. The van der Waals surface area contributed by atoms with E-state index in [1.165, 1.54) is 5.56 Å². The van der Waals surface area contributed by atoms with Crippen LogP contribution < -0.4 is 10.6 Å². The number of nitrogens with zero attached hydrogens (tertiary/aromatic N) is 1. The molecule has 0 aliphatic carbocycles. The first-order valence-electron chi connectivity index (χ1n) is 9.95. The number of hydrogen-bond donors (Lipinski definition) is 2. The molecule has 0 atom stereocenters. The van der Waals surface area contributed by atoms with Crippen LogP contribution in [0.25, 0.3) is 10.9 Å². The van der Waals surface area contributed by atoms with Gasteiger partial charge in [-0.05, 0) is 23.8 Å². The molecule has 150 valence electrons. The van der Waals surface area contributed by atoms with Crippen molar-refractivity contribution in [2.24, 2.45) is 0 Å². The minimum absolute atomic E-state index is 0.146. The van der Waals surface area contributed by atoms with Crippen LogP contribution in [0.5, 0.6) is 0 Å². The molecule has 2 amide bonds. The van der Waals surface area contributed by atoms with Crippen molar-refractivity contribution < 1.29 is 9.59 Å². The Morgan fingerprint density at radius 2 is 1.30 bits per heavy atom. The Morgan fingerprint density at radius 1 is 0.700 bits per heavy atom. The SMILES string of the molecule is O=C(NCCNC(=O)c1cn(Cc2ccccc2)c2ccccc12)c1ccccc1. The highest BCUT2D eigenvalue weighted by atomic mass is 16.2. The molecular weight excluding hydrogens is 374 g/mol. The van der Waals surface area contributed by atoms with Crippen LogP contribution in [0.3, 0.4) is 0 Å². The zero-order valence-electron chi connectivity index (χ0n) is 16.5. The average molecular weight is 397 g/mol. The van der Waals surface area contributed by atoms with E-state index in [2.05, 4.69) is 27.3 Å². The smallest absolute Gasteiger partial charge is 0.253 e. The zero-order chi connectivity index (χ0) is 20.8. The third kappa shape index (κ3) is 4.41. The Morgan fingerprint density at radius 3 is 2.03 bits per heavy atom. The lowest BCUT2D eigenvalue weighted by molar-refractivity contribution is 0.0928. The fourth-order valence-corrected chi connectivity index (χ4v) is 3.48. The molecule has 5 nitrogen and oxygen atoms in total. The maximum Gasteiger partial charge on any atom is 0.253 e. The van der Waals surface area contributed by atoms with E-state index >= 15 is 0 Å². The zero-order valence-corrected chi connectivity index (χ0v) is 16.5. The average Bonchev–Trinajstić information content (AvgIpc) is 3.16. The van der Waals surface area contributed by atoms with E-state index < -0.39 is 0 Å². The summed E-state index contributed by atoms with van der Waals surface area (Å²) in [4.78, 5) is 24.9. The largest absolute Gasteiger partial charge is 0.350 e. The highest BCUT2D eigenvalue weighted by Gasteiger charge is 2.15. The van der Waals surface area contributed by atoms with Crippen LogP contribution in [0.4, 0.5) is 0 Å². The molecule has 0 saturated carbocycles. The maximum absolute atomic E-state index is 12.8. The van der Waals surface area contributed by atoms with Gasteiger partial charge in [-0.3, -0.25) is 9.59 Å². The lowest BCUT2D eigenvalue weighted by Gasteiger charge is -2.07. The minimum atomic E-state index is -0.149. The number of carbonyl (C=O) groups is 2. The van der Waals surface area contributed by atoms with Crippen molar-refractivity contribution in [3.8, 4) is 0 Å². The fraction of sp³-hybridized carbons (Fsp3) is 0.120. The summed E-state index contributed by atoms with van der Waals surface area (Å²) in [5.41, 5.74) is 3.43. The first-order valence-corrected chi connectivity index (χ1v) is 9.95. The second-order valence-electron chi connectivity index (χ2n) is 7.05. The number of benzene rings is 3. The number of para-hydroxylation sites is 1. The highest BCUT2D eigenvalue weighted by molar-refractivity contribution is 6.07. The summed E-state index contributed by atoms with van der Waals surface area (Å²) in [5, 5.41) is 6.65. The summed E-state index contributed by atoms with van der Waals surface area (Å²) in [6.45, 7) is 1.42. The van der Waals surface area contributed by atoms with Crippen molar-refractivity contribution in [1.29, 1.82) is 0 Å². The second kappa shape index (κ2) is 9.09. The van der Waals surface area contributed by atoms with Crippen LogP contribution in [0.2, 0.25) is 0 Å². The van der Waals surface area contributed by atoms with Gasteiger partial charge in [0.1, 0.15) is 0 Å². The normalized spacial score (nSPS) is 10.7. The van der Waals surface area contributed by atoms with E-state index in [4.69, 9.17) is 0 Å². The molecule has 0 radical (unpaired) electrons. The number of amides is 2. The molecule has 0 aliphatic rings. The monoisotopic (exact) mass is 397 g/mol. The quantitative estimate of drug-likeness (QED) is 0.465. The minimum Gasteiger partial charge on any atom is -0.350 e. The second-order valence-corrected chi connectivity index (χ2v) is 7.05. The molecule has 30 heavy (non-hydrogen) atoms. The van der Waals surface area contributed by atoms with E-state index in [1.54, 1.807) is 12.1 Å². The van der Waals surface area contributed by atoms with Crippen LogP contribution in [0.1, 0.15) is 26.3 Å². The van der Waals surface area contributed by atoms with E-state index in [-0.39, 0.29) is 11.8 Å². The Kier molecular flexibility index (Phi) is 5.90. The van der Waals surface area contributed by atoms with Gasteiger partial charge in [0.05, 0.1) is 5.56 Å². The van der Waals surface area contributed by atoms with Gasteiger partial charge in [0.15, 0.2) is 0 Å². The van der Waals surface area contributed by atoms with Crippen molar-refractivity contribution in [2.75, 3.05) is 13.1 Å². The summed E-state index contributed by atoms with van der Waals surface area (Å²) in [5.74, 6) is -0.295. The molecule has 0 saturated heterocycles. The van der Waals surface area contributed by atoms with Crippen molar-refractivity contribution in [2.45, 2.75) is 6.54 Å². The van der Waals surface area contributed by atoms with Crippen molar-refractivity contribution in [3.05, 3.63) is 108 Å². The van der Waals surface area contributed by atoms with Crippen LogP contribution in [-0.4, -0.2) is 29.5 Å². The van der Waals surface area contributed by atoms with Gasteiger partial charge in [0.25, 0.3) is 11.8 Å². The molecule has 0 bridgehead atoms. The molecule has 0 aliphatic heterocycles. The van der Waals surface area contributed by atoms with Gasteiger partial charge in [-0.2, -0.15) is 0 Å². The molecule has 0 unspecified atom stereocenters. The van der Waals surface area contributed by atoms with E-state index in [0.717, 1.165) is 10.9 Å². The van der Waals surface area contributed by atoms with Crippen LogP contribution in [-0.2, 0) is 6.54 Å². The first-order chi connectivity index (χ1) is 14.7. The molecular formula is C25H23N3O2. The fourth-order valence-electron chi connectivity index (χ4n) is 3.48. The molecule has 2 N–H and O–H groups in total. The summed E-state index contributed by atoms with van der Waals surface area (Å²) in [6, 6.07) is 27.1. The predicted octanol–water partition coefficient (Wildman–Crippen LogP) is 3.85. The lowest BCUT2D eigenvalue weighted by atomic mass is 10.1. The number of hydrogen-bond acceptors (Lipinski definition) is 2. The summed E-state index contributed by atoms with van der Waals surface area (Å²) in [6.07, 6.45) is 1.90. The number of aromatic nitrogens is 1. The Balaban J connectivity index is 1.41. The van der Waals surface area contributed by atoms with Crippen LogP contribution in [0, 0.1) is 0 Å². The van der Waals surface area contributed by atoms with Gasteiger partial charge in [-0.25, -0.2) is 0 Å². The van der Waals surface area contributed by atoms with Crippen molar-refractivity contribution >= 4 is 22.7 Å². The topological polar surface area (TPSA) is 63.1 Å². The molecule has 1 heterocycles. The number of carbonyl (C=O) groups excluding carboxylic acids is 2. The third-order valence-electron chi connectivity index (χ3n) is 4.96. The van der Waals surface area contributed by atoms with Gasteiger partial charge < -0.3 is 15.2 Å². The predicted molar refractivity (Wildman–Crippen MR) is 119 cm³/mol. The molecule has 4 rings (SSSR count). The van der Waals surface area contributed by atoms with E-state index in [0.29, 0.717) is 30.8 Å². The van der Waals surface area contributed by atoms with Gasteiger partial charge >= 0.3 is 0 Å². The summed E-state index contributed by atoms with van der Waals surface area (Å²) >= 11 is 0. The first kappa shape index (κ1) is 19.5.